The van der Waals surface area contributed by atoms with E-state index in [4.69, 9.17) is 4.74 Å². The molecule has 0 aromatic heterocycles. The lowest BCUT2D eigenvalue weighted by Gasteiger charge is -2.22. The van der Waals surface area contributed by atoms with E-state index in [0.29, 0.717) is 0 Å². The molecule has 0 aliphatic carbocycles. The van der Waals surface area contributed by atoms with Crippen molar-refractivity contribution in [1.82, 2.24) is 5.32 Å². The summed E-state index contributed by atoms with van der Waals surface area (Å²) in [5, 5.41) is 3.44. The van der Waals surface area contributed by atoms with Crippen molar-refractivity contribution < 1.29 is 4.74 Å². The van der Waals surface area contributed by atoms with Crippen molar-refractivity contribution in [2.24, 2.45) is 4.99 Å². The number of rotatable bonds is 3. The highest BCUT2D eigenvalue weighted by molar-refractivity contribution is 5.97. The van der Waals surface area contributed by atoms with Gasteiger partial charge >= 0.3 is 0 Å². The summed E-state index contributed by atoms with van der Waals surface area (Å²) in [6, 6.07) is 16.6. The molecule has 0 unspecified atom stereocenters. The van der Waals surface area contributed by atoms with Gasteiger partial charge in [0.2, 0.25) is 0 Å². The zero-order valence-electron chi connectivity index (χ0n) is 13.0. The number of para-hydroxylation sites is 1. The van der Waals surface area contributed by atoms with Crippen LogP contribution in [0, 0.1) is 0 Å². The zero-order valence-corrected chi connectivity index (χ0v) is 13.0. The summed E-state index contributed by atoms with van der Waals surface area (Å²) in [5.74, 6) is 1.79. The lowest BCUT2D eigenvalue weighted by molar-refractivity contribution is 0.414. The van der Waals surface area contributed by atoms with Crippen LogP contribution in [-0.4, -0.2) is 26.7 Å². The van der Waals surface area contributed by atoms with Crippen molar-refractivity contribution in [3.63, 3.8) is 0 Å². The van der Waals surface area contributed by atoms with E-state index < -0.39 is 0 Å². The number of benzene rings is 2. The first kappa shape index (κ1) is 14.4. The standard InChI is InChI=1S/C18H21N3O/c1-19-18(20-13-14-7-9-16(22-2)10-8-14)21-12-11-15-5-3-4-6-17(15)21/h3-10H,11-13H2,1-2H3,(H,19,20). The third-order valence-corrected chi connectivity index (χ3v) is 3.96. The number of ether oxygens (including phenoxy) is 1. The van der Waals surface area contributed by atoms with Crippen molar-refractivity contribution >= 4 is 11.6 Å². The molecule has 4 nitrogen and oxygen atoms in total. The lowest BCUT2D eigenvalue weighted by atomic mass is 10.2. The first-order valence-electron chi connectivity index (χ1n) is 7.51. The topological polar surface area (TPSA) is 36.9 Å². The number of aliphatic imine (C=N–C) groups is 1. The van der Waals surface area contributed by atoms with Crippen molar-refractivity contribution in [2.75, 3.05) is 25.6 Å². The van der Waals surface area contributed by atoms with Crippen molar-refractivity contribution in [1.29, 1.82) is 0 Å². The van der Waals surface area contributed by atoms with E-state index in [-0.39, 0.29) is 0 Å². The van der Waals surface area contributed by atoms with Crippen LogP contribution in [0.4, 0.5) is 5.69 Å². The molecule has 114 valence electrons. The number of fused-ring (bicyclic) bond motifs is 1. The molecule has 0 bridgehead atoms. The van der Waals surface area contributed by atoms with Crippen LogP contribution in [-0.2, 0) is 13.0 Å². The highest BCUT2D eigenvalue weighted by atomic mass is 16.5. The molecule has 2 aromatic rings. The summed E-state index contributed by atoms with van der Waals surface area (Å²) in [7, 11) is 3.51. The third-order valence-electron chi connectivity index (χ3n) is 3.96. The van der Waals surface area contributed by atoms with Crippen LogP contribution in [0.5, 0.6) is 5.75 Å². The fraction of sp³-hybridized carbons (Fsp3) is 0.278. The van der Waals surface area contributed by atoms with Gasteiger partial charge in [0.1, 0.15) is 5.75 Å². The van der Waals surface area contributed by atoms with E-state index in [9.17, 15) is 0 Å². The van der Waals surface area contributed by atoms with Crippen molar-refractivity contribution in [2.45, 2.75) is 13.0 Å². The van der Waals surface area contributed by atoms with Crippen LogP contribution < -0.4 is 15.0 Å². The second-order valence-corrected chi connectivity index (χ2v) is 5.28. The summed E-state index contributed by atoms with van der Waals surface area (Å²) in [6.45, 7) is 1.72. The Hall–Kier alpha value is -2.49. The van der Waals surface area contributed by atoms with Gasteiger partial charge in [0.15, 0.2) is 5.96 Å². The van der Waals surface area contributed by atoms with Crippen LogP contribution in [0.25, 0.3) is 0 Å². The Kier molecular flexibility index (Phi) is 4.28. The van der Waals surface area contributed by atoms with Gasteiger partial charge in [-0.1, -0.05) is 30.3 Å². The van der Waals surface area contributed by atoms with Crippen molar-refractivity contribution in [3.8, 4) is 5.75 Å². The quantitative estimate of drug-likeness (QED) is 0.699. The highest BCUT2D eigenvalue weighted by Crippen LogP contribution is 2.27. The SMILES string of the molecule is CN=C(NCc1ccc(OC)cc1)N1CCc2ccccc21. The van der Waals surface area contributed by atoms with Gasteiger partial charge in [-0.15, -0.1) is 0 Å². The third kappa shape index (κ3) is 2.91. The highest BCUT2D eigenvalue weighted by Gasteiger charge is 2.22. The number of nitrogens with zero attached hydrogens (tertiary/aromatic N) is 2. The van der Waals surface area contributed by atoms with Crippen LogP contribution in [0.1, 0.15) is 11.1 Å². The molecule has 3 rings (SSSR count). The number of anilines is 1. The number of hydrogen-bond acceptors (Lipinski definition) is 2. The molecule has 4 heteroatoms. The molecule has 1 aliphatic rings. The molecular weight excluding hydrogens is 274 g/mol. The molecule has 0 radical (unpaired) electrons. The van der Waals surface area contributed by atoms with Gasteiger partial charge in [0, 0.05) is 25.8 Å². The van der Waals surface area contributed by atoms with Crippen LogP contribution in [0.2, 0.25) is 0 Å². The smallest absolute Gasteiger partial charge is 0.198 e. The fourth-order valence-electron chi connectivity index (χ4n) is 2.78. The molecular formula is C18H21N3O. The maximum absolute atomic E-state index is 5.18. The predicted octanol–water partition coefficient (Wildman–Crippen LogP) is 2.83. The Morgan fingerprint density at radius 1 is 1.18 bits per heavy atom. The summed E-state index contributed by atoms with van der Waals surface area (Å²) in [5.41, 5.74) is 3.84. The summed E-state index contributed by atoms with van der Waals surface area (Å²) in [4.78, 5) is 6.67. The van der Waals surface area contributed by atoms with Gasteiger partial charge in [-0.25, -0.2) is 0 Å². The maximum atomic E-state index is 5.18. The molecule has 2 aromatic carbocycles. The van der Waals surface area contributed by atoms with E-state index >= 15 is 0 Å². The predicted molar refractivity (Wildman–Crippen MR) is 90.7 cm³/mol. The molecule has 0 atom stereocenters. The first-order valence-corrected chi connectivity index (χ1v) is 7.51. The summed E-state index contributed by atoms with van der Waals surface area (Å²) in [6.07, 6.45) is 1.07. The van der Waals surface area contributed by atoms with Gasteiger partial charge in [0.25, 0.3) is 0 Å². The lowest BCUT2D eigenvalue weighted by Crippen LogP contribution is -2.40. The summed E-state index contributed by atoms with van der Waals surface area (Å²) >= 11 is 0. The number of methoxy groups -OCH3 is 1. The minimum atomic E-state index is 0.745. The van der Waals surface area contributed by atoms with Gasteiger partial charge < -0.3 is 15.0 Å². The minimum absolute atomic E-state index is 0.745. The average molecular weight is 295 g/mol. The normalized spacial score (nSPS) is 13.9. The van der Waals surface area contributed by atoms with Crippen LogP contribution in [0.15, 0.2) is 53.5 Å². The average Bonchev–Trinajstić information content (AvgIpc) is 3.00. The summed E-state index contributed by atoms with van der Waals surface area (Å²) < 4.78 is 5.18. The van der Waals surface area contributed by atoms with Crippen LogP contribution in [0.3, 0.4) is 0 Å². The van der Waals surface area contributed by atoms with Gasteiger partial charge in [-0.05, 0) is 35.7 Å². The molecule has 1 heterocycles. The Morgan fingerprint density at radius 3 is 2.68 bits per heavy atom. The Morgan fingerprint density at radius 2 is 1.95 bits per heavy atom. The van der Waals surface area contributed by atoms with E-state index in [2.05, 4.69) is 51.6 Å². The van der Waals surface area contributed by atoms with E-state index in [0.717, 1.165) is 31.2 Å². The van der Waals surface area contributed by atoms with Crippen LogP contribution >= 0.6 is 0 Å². The number of nitrogens with one attached hydrogen (secondary N) is 1. The molecule has 0 amide bonds. The Labute approximate surface area is 131 Å². The van der Waals surface area contributed by atoms with Gasteiger partial charge in [-0.2, -0.15) is 0 Å². The van der Waals surface area contributed by atoms with E-state index in [1.165, 1.54) is 16.8 Å². The molecule has 22 heavy (non-hydrogen) atoms. The molecule has 0 saturated carbocycles. The van der Waals surface area contributed by atoms with E-state index in [1.807, 2.05) is 19.2 Å². The van der Waals surface area contributed by atoms with E-state index in [1.54, 1.807) is 7.11 Å². The molecule has 0 saturated heterocycles. The zero-order chi connectivity index (χ0) is 15.4. The molecule has 0 spiro atoms. The monoisotopic (exact) mass is 295 g/mol. The largest absolute Gasteiger partial charge is 0.497 e. The molecule has 1 aliphatic heterocycles. The Bertz CT molecular complexity index is 664. The molecule has 0 fully saturated rings. The fourth-order valence-corrected chi connectivity index (χ4v) is 2.78. The maximum Gasteiger partial charge on any atom is 0.198 e. The minimum Gasteiger partial charge on any atom is -0.497 e. The number of guanidine groups is 1. The second kappa shape index (κ2) is 6.52. The first-order chi connectivity index (χ1) is 10.8. The number of hydrogen-bond donors (Lipinski definition) is 1. The Balaban J connectivity index is 1.68. The van der Waals surface area contributed by atoms with Gasteiger partial charge in [-0.3, -0.25) is 4.99 Å². The van der Waals surface area contributed by atoms with Gasteiger partial charge in [0.05, 0.1) is 7.11 Å². The second-order valence-electron chi connectivity index (χ2n) is 5.28. The molecule has 1 N–H and O–H groups in total. The van der Waals surface area contributed by atoms with Crippen molar-refractivity contribution in [3.05, 3.63) is 59.7 Å².